The fourth-order valence-electron chi connectivity index (χ4n) is 3.05. The molecule has 1 aliphatic heterocycles. The number of aryl methyl sites for hydroxylation is 1. The zero-order valence-electron chi connectivity index (χ0n) is 15.8. The minimum Gasteiger partial charge on any atom is -0.489 e. The highest BCUT2D eigenvalue weighted by Gasteiger charge is 2.26. The molecule has 9 heteroatoms. The van der Waals surface area contributed by atoms with Gasteiger partial charge in [-0.25, -0.2) is 12.7 Å². The van der Waals surface area contributed by atoms with Gasteiger partial charge in [0.05, 0.1) is 17.8 Å². The highest BCUT2D eigenvalue weighted by atomic mass is 35.5. The van der Waals surface area contributed by atoms with E-state index in [9.17, 15) is 13.2 Å². The van der Waals surface area contributed by atoms with E-state index in [1.54, 1.807) is 18.2 Å². The molecule has 2 aromatic rings. The Labute approximate surface area is 169 Å². The van der Waals surface area contributed by atoms with E-state index in [-0.39, 0.29) is 12.0 Å². The van der Waals surface area contributed by atoms with Crippen molar-refractivity contribution < 1.29 is 22.4 Å². The van der Waals surface area contributed by atoms with Crippen LogP contribution in [0.2, 0.25) is 5.02 Å². The fraction of sp³-hybridized carbons (Fsp3) is 0.421. The topological polar surface area (TPSA) is 88.9 Å². The molecule has 0 bridgehead atoms. The molecule has 0 spiro atoms. The number of piperidine rings is 1. The number of furan rings is 1. The van der Waals surface area contributed by atoms with Crippen LogP contribution in [-0.4, -0.2) is 44.1 Å². The third-order valence-corrected chi connectivity index (χ3v) is 6.18. The Kier molecular flexibility index (Phi) is 6.32. The summed E-state index contributed by atoms with van der Waals surface area (Å²) in [5.74, 6) is 1.69. The van der Waals surface area contributed by atoms with Crippen LogP contribution in [0.25, 0.3) is 0 Å². The molecule has 152 valence electrons. The van der Waals surface area contributed by atoms with Crippen LogP contribution >= 0.6 is 11.6 Å². The third-order valence-electron chi connectivity index (χ3n) is 4.58. The van der Waals surface area contributed by atoms with Crippen LogP contribution in [0, 0.1) is 6.92 Å². The minimum atomic E-state index is -3.17. The number of nitrogens with one attached hydrogen (secondary N) is 1. The molecule has 0 saturated carbocycles. The van der Waals surface area contributed by atoms with E-state index in [0.29, 0.717) is 54.6 Å². The van der Waals surface area contributed by atoms with Crippen molar-refractivity contribution in [1.29, 1.82) is 0 Å². The van der Waals surface area contributed by atoms with Gasteiger partial charge in [-0.2, -0.15) is 0 Å². The van der Waals surface area contributed by atoms with Gasteiger partial charge in [0.25, 0.3) is 5.91 Å². The van der Waals surface area contributed by atoms with Crippen LogP contribution in [0.1, 0.15) is 34.7 Å². The van der Waals surface area contributed by atoms with Gasteiger partial charge < -0.3 is 14.5 Å². The first kappa shape index (κ1) is 20.7. The van der Waals surface area contributed by atoms with Crippen LogP contribution in [0.5, 0.6) is 5.75 Å². The number of ether oxygens (including phenoxy) is 1. The summed E-state index contributed by atoms with van der Waals surface area (Å²) >= 11 is 6.28. The first-order chi connectivity index (χ1) is 13.2. The molecule has 1 saturated heterocycles. The summed E-state index contributed by atoms with van der Waals surface area (Å²) in [5, 5.41) is 3.12. The lowest BCUT2D eigenvalue weighted by Crippen LogP contribution is -2.41. The number of amides is 1. The molecule has 3 rings (SSSR count). The van der Waals surface area contributed by atoms with Crippen LogP contribution in [-0.2, 0) is 16.6 Å². The Morgan fingerprint density at radius 2 is 2.00 bits per heavy atom. The van der Waals surface area contributed by atoms with Crippen LogP contribution in [0.15, 0.2) is 34.7 Å². The number of sulfonamides is 1. The zero-order chi connectivity index (χ0) is 20.3. The Morgan fingerprint density at radius 3 is 2.57 bits per heavy atom. The SMILES string of the molecule is Cc1ccc(CNC(=O)c2ccc(OC3CCN(S(C)(=O)=O)CC3)c(Cl)c2)o1. The first-order valence-corrected chi connectivity index (χ1v) is 11.2. The lowest BCUT2D eigenvalue weighted by Gasteiger charge is -2.30. The van der Waals surface area contributed by atoms with Gasteiger partial charge in [0.1, 0.15) is 23.4 Å². The second kappa shape index (κ2) is 8.55. The molecule has 2 heterocycles. The van der Waals surface area contributed by atoms with E-state index in [1.165, 1.54) is 10.6 Å². The van der Waals surface area contributed by atoms with E-state index in [1.807, 2.05) is 19.1 Å². The lowest BCUT2D eigenvalue weighted by atomic mass is 10.1. The number of carbonyl (C=O) groups excluding carboxylic acids is 1. The van der Waals surface area contributed by atoms with E-state index in [0.717, 1.165) is 5.76 Å². The summed E-state index contributed by atoms with van der Waals surface area (Å²) < 4.78 is 35.9. The number of hydrogen-bond donors (Lipinski definition) is 1. The van der Waals surface area contributed by atoms with Gasteiger partial charge in [-0.05, 0) is 50.1 Å². The second-order valence-electron chi connectivity index (χ2n) is 6.82. The minimum absolute atomic E-state index is 0.114. The molecule has 0 unspecified atom stereocenters. The van der Waals surface area contributed by atoms with Crippen molar-refractivity contribution in [2.45, 2.75) is 32.4 Å². The van der Waals surface area contributed by atoms with Gasteiger partial charge >= 0.3 is 0 Å². The zero-order valence-corrected chi connectivity index (χ0v) is 17.3. The average Bonchev–Trinajstić information content (AvgIpc) is 3.06. The predicted molar refractivity (Wildman–Crippen MR) is 106 cm³/mol. The maximum atomic E-state index is 12.3. The normalized spacial score (nSPS) is 16.1. The van der Waals surface area contributed by atoms with Gasteiger partial charge in [0, 0.05) is 18.7 Å². The summed E-state index contributed by atoms with van der Waals surface area (Å²) in [6.07, 6.45) is 2.28. The summed E-state index contributed by atoms with van der Waals surface area (Å²) in [5.41, 5.74) is 0.424. The van der Waals surface area contributed by atoms with Crippen molar-refractivity contribution >= 4 is 27.5 Å². The average molecular weight is 427 g/mol. The summed E-state index contributed by atoms with van der Waals surface area (Å²) in [7, 11) is -3.17. The molecule has 0 radical (unpaired) electrons. The molecule has 1 N–H and O–H groups in total. The monoisotopic (exact) mass is 426 g/mol. The van der Waals surface area contributed by atoms with Gasteiger partial charge in [0.2, 0.25) is 10.0 Å². The van der Waals surface area contributed by atoms with Crippen molar-refractivity contribution in [3.8, 4) is 5.75 Å². The van der Waals surface area contributed by atoms with Crippen molar-refractivity contribution in [3.63, 3.8) is 0 Å². The standard InChI is InChI=1S/C19H23ClN2O5S/c1-13-3-5-16(26-13)12-21-19(23)14-4-6-18(17(20)11-14)27-15-7-9-22(10-8-15)28(2,24)25/h3-6,11,15H,7-10,12H2,1-2H3,(H,21,23). The number of hydrogen-bond acceptors (Lipinski definition) is 5. The number of halogens is 1. The molecule has 1 fully saturated rings. The van der Waals surface area contributed by atoms with Crippen LogP contribution < -0.4 is 10.1 Å². The van der Waals surface area contributed by atoms with E-state index >= 15 is 0 Å². The summed E-state index contributed by atoms with van der Waals surface area (Å²) in [6, 6.07) is 8.53. The second-order valence-corrected chi connectivity index (χ2v) is 9.21. The van der Waals surface area contributed by atoms with E-state index in [4.69, 9.17) is 20.8 Å². The molecule has 1 amide bonds. The molecular formula is C19H23ClN2O5S. The molecular weight excluding hydrogens is 404 g/mol. The van der Waals surface area contributed by atoms with Crippen molar-refractivity contribution in [1.82, 2.24) is 9.62 Å². The van der Waals surface area contributed by atoms with Gasteiger partial charge in [-0.1, -0.05) is 11.6 Å². The molecule has 0 aliphatic carbocycles. The highest BCUT2D eigenvalue weighted by molar-refractivity contribution is 7.88. The maximum absolute atomic E-state index is 12.3. The molecule has 7 nitrogen and oxygen atoms in total. The van der Waals surface area contributed by atoms with Gasteiger partial charge in [-0.3, -0.25) is 4.79 Å². The van der Waals surface area contributed by atoms with Crippen molar-refractivity contribution in [2.24, 2.45) is 0 Å². The summed E-state index contributed by atoms with van der Waals surface area (Å²) in [4.78, 5) is 12.3. The molecule has 1 aromatic carbocycles. The largest absolute Gasteiger partial charge is 0.489 e. The Hall–Kier alpha value is -2.03. The maximum Gasteiger partial charge on any atom is 0.251 e. The van der Waals surface area contributed by atoms with Crippen molar-refractivity contribution in [2.75, 3.05) is 19.3 Å². The van der Waals surface area contributed by atoms with Crippen LogP contribution in [0.4, 0.5) is 0 Å². The Balaban J connectivity index is 1.56. The third kappa shape index (κ3) is 5.27. The molecule has 1 aliphatic rings. The number of nitrogens with zero attached hydrogens (tertiary/aromatic N) is 1. The Morgan fingerprint density at radius 1 is 1.29 bits per heavy atom. The van der Waals surface area contributed by atoms with Gasteiger partial charge in [-0.15, -0.1) is 0 Å². The van der Waals surface area contributed by atoms with Crippen LogP contribution in [0.3, 0.4) is 0 Å². The number of benzene rings is 1. The summed E-state index contributed by atoms with van der Waals surface area (Å²) in [6.45, 7) is 2.98. The predicted octanol–water partition coefficient (Wildman–Crippen LogP) is 2.97. The van der Waals surface area contributed by atoms with Crippen molar-refractivity contribution in [3.05, 3.63) is 52.4 Å². The number of carbonyl (C=O) groups is 1. The Bertz CT molecular complexity index is 949. The highest BCUT2D eigenvalue weighted by Crippen LogP contribution is 2.28. The number of rotatable bonds is 6. The smallest absolute Gasteiger partial charge is 0.251 e. The van der Waals surface area contributed by atoms with E-state index < -0.39 is 10.0 Å². The quantitative estimate of drug-likeness (QED) is 0.767. The molecule has 1 aromatic heterocycles. The first-order valence-electron chi connectivity index (χ1n) is 8.97. The molecule has 0 atom stereocenters. The lowest BCUT2D eigenvalue weighted by molar-refractivity contribution is 0.0947. The fourth-order valence-corrected chi connectivity index (χ4v) is 4.15. The van der Waals surface area contributed by atoms with Gasteiger partial charge in [0.15, 0.2) is 0 Å². The molecule has 28 heavy (non-hydrogen) atoms. The van der Waals surface area contributed by atoms with E-state index in [2.05, 4.69) is 5.32 Å².